The Balaban J connectivity index is 1.20. The van der Waals surface area contributed by atoms with Crippen molar-refractivity contribution in [3.05, 3.63) is 101 Å². The summed E-state index contributed by atoms with van der Waals surface area (Å²) in [4.78, 5) is 4.54. The average Bonchev–Trinajstić information content (AvgIpc) is 3.43. The van der Waals surface area contributed by atoms with Crippen molar-refractivity contribution in [1.29, 1.82) is 0 Å². The number of ether oxygens (including phenoxy) is 2. The second kappa shape index (κ2) is 9.82. The summed E-state index contributed by atoms with van der Waals surface area (Å²) < 4.78 is 13.4. The van der Waals surface area contributed by atoms with Crippen molar-refractivity contribution >= 4 is 12.0 Å². The molecule has 3 N–H and O–H groups in total. The summed E-state index contributed by atoms with van der Waals surface area (Å²) in [6.07, 6.45) is 7.21. The third-order valence-corrected chi connectivity index (χ3v) is 5.45. The topological polar surface area (TPSA) is 93.2 Å². The molecule has 34 heavy (non-hydrogen) atoms. The van der Waals surface area contributed by atoms with E-state index in [2.05, 4.69) is 21.6 Å². The van der Waals surface area contributed by atoms with E-state index in [9.17, 15) is 0 Å². The van der Waals surface area contributed by atoms with E-state index in [4.69, 9.17) is 15.3 Å². The number of hydrogen-bond donors (Lipinski definition) is 2. The highest BCUT2D eigenvalue weighted by atomic mass is 16.5. The molecule has 3 aromatic rings. The molecule has 0 unspecified atom stereocenters. The van der Waals surface area contributed by atoms with Gasteiger partial charge in [0.15, 0.2) is 0 Å². The van der Waals surface area contributed by atoms with Gasteiger partial charge >= 0.3 is 0 Å². The maximum atomic E-state index is 5.96. The van der Waals surface area contributed by atoms with Crippen LogP contribution in [0.3, 0.4) is 0 Å². The smallest absolute Gasteiger partial charge is 0.119 e. The first kappa shape index (κ1) is 21.7. The fourth-order valence-electron chi connectivity index (χ4n) is 3.84. The van der Waals surface area contributed by atoms with Crippen LogP contribution in [0.25, 0.3) is 5.70 Å². The Labute approximate surface area is 198 Å². The molecule has 2 aliphatic heterocycles. The van der Waals surface area contributed by atoms with Crippen molar-refractivity contribution in [2.45, 2.75) is 13.2 Å². The largest absolute Gasteiger partial charge is 0.491 e. The molecule has 0 atom stereocenters. The van der Waals surface area contributed by atoms with E-state index in [-0.39, 0.29) is 0 Å². The third-order valence-electron chi connectivity index (χ3n) is 5.45. The number of aromatic nitrogens is 2. The lowest BCUT2D eigenvalue weighted by Gasteiger charge is -2.24. The minimum absolute atomic E-state index is 0.483. The predicted molar refractivity (Wildman–Crippen MR) is 129 cm³/mol. The summed E-state index contributed by atoms with van der Waals surface area (Å²) in [5.74, 6) is 6.76. The van der Waals surface area contributed by atoms with E-state index in [1.165, 1.54) is 5.01 Å². The molecule has 0 saturated carbocycles. The molecule has 0 aliphatic carbocycles. The summed E-state index contributed by atoms with van der Waals surface area (Å²) >= 11 is 0. The van der Waals surface area contributed by atoms with Crippen molar-refractivity contribution in [3.63, 3.8) is 0 Å². The Bertz CT molecular complexity index is 1230. The second-order valence-corrected chi connectivity index (χ2v) is 8.06. The zero-order valence-electron chi connectivity index (χ0n) is 19.0. The van der Waals surface area contributed by atoms with Gasteiger partial charge in [0.1, 0.15) is 30.1 Å². The first-order valence-corrected chi connectivity index (χ1v) is 11.1. The minimum atomic E-state index is 0.483. The summed E-state index contributed by atoms with van der Waals surface area (Å²) in [6, 6.07) is 18.2. The fourth-order valence-corrected chi connectivity index (χ4v) is 3.84. The average molecular weight is 458 g/mol. The van der Waals surface area contributed by atoms with Crippen LogP contribution in [0.1, 0.15) is 16.7 Å². The molecule has 0 saturated heterocycles. The van der Waals surface area contributed by atoms with Gasteiger partial charge in [-0.15, -0.1) is 0 Å². The van der Waals surface area contributed by atoms with E-state index < -0.39 is 0 Å². The summed E-state index contributed by atoms with van der Waals surface area (Å²) in [5, 5.41) is 7.76. The predicted octanol–water partition coefficient (Wildman–Crippen LogP) is 2.76. The molecule has 0 amide bonds. The van der Waals surface area contributed by atoms with Gasteiger partial charge in [-0.25, -0.2) is 10.8 Å². The summed E-state index contributed by atoms with van der Waals surface area (Å²) in [6.45, 7) is 2.18. The Morgan fingerprint density at radius 3 is 2.71 bits per heavy atom. The van der Waals surface area contributed by atoms with Gasteiger partial charge in [-0.3, -0.25) is 20.1 Å². The fraction of sp³-hybridized carbons (Fsp3) is 0.200. The molecule has 9 heteroatoms. The first-order chi connectivity index (χ1) is 16.7. The van der Waals surface area contributed by atoms with Crippen molar-refractivity contribution in [1.82, 2.24) is 25.2 Å². The van der Waals surface area contributed by atoms with Crippen LogP contribution in [-0.2, 0) is 24.9 Å². The normalized spacial score (nSPS) is 14.8. The standard InChI is InChI=1S/C25H27N7O2/c1-30-15-21(13-28-30)24-25-23(16-31(26)18-27-25)32(29-24)14-20-8-5-9-22(12-20)34-11-10-33-17-19-6-3-2-4-7-19/h2-9,12-13,15-16,18,29H,10-11,14,17,26H2,1H3. The van der Waals surface area contributed by atoms with Crippen LogP contribution in [-0.4, -0.2) is 39.4 Å². The Kier molecular flexibility index (Phi) is 6.28. The lowest BCUT2D eigenvalue weighted by Crippen LogP contribution is -2.33. The summed E-state index contributed by atoms with van der Waals surface area (Å²) in [5.41, 5.74) is 9.28. The van der Waals surface area contributed by atoms with E-state index in [1.807, 2.05) is 79.2 Å². The zero-order valence-corrected chi connectivity index (χ0v) is 19.0. The lowest BCUT2D eigenvalue weighted by molar-refractivity contribution is 0.0889. The van der Waals surface area contributed by atoms with Gasteiger partial charge in [0, 0.05) is 25.0 Å². The number of rotatable bonds is 9. The van der Waals surface area contributed by atoms with Crippen molar-refractivity contribution in [2.24, 2.45) is 17.9 Å². The highest BCUT2D eigenvalue weighted by Crippen LogP contribution is 2.34. The van der Waals surface area contributed by atoms with Crippen LogP contribution >= 0.6 is 0 Å². The van der Waals surface area contributed by atoms with Crippen LogP contribution in [0.5, 0.6) is 5.75 Å². The number of aliphatic imine (C=N–C) groups is 1. The highest BCUT2D eigenvalue weighted by Gasteiger charge is 2.30. The van der Waals surface area contributed by atoms with Gasteiger partial charge in [0.25, 0.3) is 0 Å². The minimum Gasteiger partial charge on any atom is -0.491 e. The molecule has 2 aromatic carbocycles. The zero-order chi connectivity index (χ0) is 23.3. The number of aryl methyl sites for hydroxylation is 1. The van der Waals surface area contributed by atoms with E-state index in [1.54, 1.807) is 11.0 Å². The van der Waals surface area contributed by atoms with Crippen LogP contribution in [0.2, 0.25) is 0 Å². The molecule has 9 nitrogen and oxygen atoms in total. The summed E-state index contributed by atoms with van der Waals surface area (Å²) in [7, 11) is 1.89. The Morgan fingerprint density at radius 1 is 1.03 bits per heavy atom. The molecule has 174 valence electrons. The molecule has 5 rings (SSSR count). The molecule has 0 spiro atoms. The molecule has 0 bridgehead atoms. The Morgan fingerprint density at radius 2 is 1.88 bits per heavy atom. The molecular weight excluding hydrogens is 430 g/mol. The Hall–Kier alpha value is -4.08. The van der Waals surface area contributed by atoms with Gasteiger partial charge in [-0.05, 0) is 23.3 Å². The van der Waals surface area contributed by atoms with E-state index >= 15 is 0 Å². The van der Waals surface area contributed by atoms with Crippen LogP contribution in [0.15, 0.2) is 89.6 Å². The number of nitrogens with zero attached hydrogens (tertiary/aromatic N) is 5. The highest BCUT2D eigenvalue weighted by molar-refractivity contribution is 5.77. The third kappa shape index (κ3) is 4.95. The molecule has 3 heterocycles. The number of hydrogen-bond acceptors (Lipinski definition) is 8. The molecular formula is C25H27N7O2. The second-order valence-electron chi connectivity index (χ2n) is 8.06. The van der Waals surface area contributed by atoms with Crippen molar-refractivity contribution < 1.29 is 9.47 Å². The maximum absolute atomic E-state index is 5.96. The monoisotopic (exact) mass is 457 g/mol. The van der Waals surface area contributed by atoms with Gasteiger partial charge in [0.05, 0.1) is 31.7 Å². The van der Waals surface area contributed by atoms with E-state index in [0.717, 1.165) is 39.5 Å². The van der Waals surface area contributed by atoms with Crippen molar-refractivity contribution in [2.75, 3.05) is 13.2 Å². The first-order valence-electron chi connectivity index (χ1n) is 11.1. The van der Waals surface area contributed by atoms with E-state index in [0.29, 0.717) is 26.4 Å². The van der Waals surface area contributed by atoms with Gasteiger partial charge in [0.2, 0.25) is 0 Å². The number of benzene rings is 2. The van der Waals surface area contributed by atoms with Crippen LogP contribution < -0.4 is 16.0 Å². The van der Waals surface area contributed by atoms with Gasteiger partial charge < -0.3 is 9.47 Å². The maximum Gasteiger partial charge on any atom is 0.119 e. The SMILES string of the molecule is Cn1cc(C2=C3N=CN(N)C=C3N(Cc3cccc(OCCOCc4ccccc4)c3)N2)cn1. The molecule has 1 aromatic heterocycles. The lowest BCUT2D eigenvalue weighted by atomic mass is 10.2. The molecule has 0 fully saturated rings. The van der Waals surface area contributed by atoms with Crippen molar-refractivity contribution in [3.8, 4) is 5.75 Å². The molecule has 2 aliphatic rings. The number of nitrogens with two attached hydrogens (primary N) is 1. The van der Waals surface area contributed by atoms with Crippen LogP contribution in [0, 0.1) is 0 Å². The quantitative estimate of drug-likeness (QED) is 0.377. The van der Waals surface area contributed by atoms with Gasteiger partial charge in [-0.1, -0.05) is 42.5 Å². The number of hydrazine groups is 2. The number of fused-ring (bicyclic) bond motifs is 1. The molecule has 0 radical (unpaired) electrons. The van der Waals surface area contributed by atoms with Gasteiger partial charge in [-0.2, -0.15) is 5.10 Å². The van der Waals surface area contributed by atoms with Crippen LogP contribution in [0.4, 0.5) is 0 Å². The number of nitrogens with one attached hydrogen (secondary N) is 1.